The van der Waals surface area contributed by atoms with Crippen molar-refractivity contribution >= 4 is 11.8 Å². The van der Waals surface area contributed by atoms with Crippen LogP contribution in [-0.2, 0) is 6.42 Å². The quantitative estimate of drug-likeness (QED) is 0.639. The molecule has 1 aliphatic rings. The summed E-state index contributed by atoms with van der Waals surface area (Å²) in [5.41, 5.74) is 13.4. The van der Waals surface area contributed by atoms with Crippen molar-refractivity contribution in [3.05, 3.63) is 95.6 Å². The molecule has 1 atom stereocenters. The molecule has 1 nitrogen and oxygen atoms in total. The van der Waals surface area contributed by atoms with E-state index in [4.69, 9.17) is 5.73 Å². The van der Waals surface area contributed by atoms with Crippen LogP contribution in [0.25, 0.3) is 17.2 Å². The van der Waals surface area contributed by atoms with E-state index in [-0.39, 0.29) is 0 Å². The molecule has 1 heteroatoms. The molecule has 0 saturated heterocycles. The third-order valence-electron chi connectivity index (χ3n) is 4.52. The summed E-state index contributed by atoms with van der Waals surface area (Å²) < 4.78 is 0. The fraction of sp³-hybridized carbons (Fsp3) is 0.0909. The van der Waals surface area contributed by atoms with E-state index in [1.807, 2.05) is 6.07 Å². The highest BCUT2D eigenvalue weighted by Gasteiger charge is 2.16. The Balaban J connectivity index is 1.72. The summed E-state index contributed by atoms with van der Waals surface area (Å²) in [5, 5.41) is 0. The third-order valence-corrected chi connectivity index (χ3v) is 4.52. The Hall–Kier alpha value is -2.80. The number of fused-ring (bicyclic) bond motifs is 1. The van der Waals surface area contributed by atoms with Gasteiger partial charge in [-0.2, -0.15) is 0 Å². The van der Waals surface area contributed by atoms with Gasteiger partial charge < -0.3 is 5.73 Å². The van der Waals surface area contributed by atoms with E-state index in [1.165, 1.54) is 27.8 Å². The van der Waals surface area contributed by atoms with Crippen molar-refractivity contribution in [2.45, 2.75) is 12.3 Å². The van der Waals surface area contributed by atoms with E-state index in [0.29, 0.717) is 5.92 Å². The zero-order valence-corrected chi connectivity index (χ0v) is 12.9. The first-order valence-electron chi connectivity index (χ1n) is 8.01. The normalized spacial score (nSPS) is 16.1. The number of rotatable bonds is 2. The average Bonchev–Trinajstić information content (AvgIpc) is 2.61. The Morgan fingerprint density at radius 1 is 0.783 bits per heavy atom. The summed E-state index contributed by atoms with van der Waals surface area (Å²) in [6.45, 7) is 0. The predicted molar refractivity (Wildman–Crippen MR) is 98.2 cm³/mol. The smallest absolute Gasteiger partial charge is 0.0323 e. The molecule has 112 valence electrons. The second-order valence-corrected chi connectivity index (χ2v) is 6.12. The van der Waals surface area contributed by atoms with Gasteiger partial charge in [0, 0.05) is 11.6 Å². The highest BCUT2D eigenvalue weighted by Crippen LogP contribution is 2.33. The van der Waals surface area contributed by atoms with Crippen LogP contribution >= 0.6 is 0 Å². The van der Waals surface area contributed by atoms with Crippen molar-refractivity contribution in [2.24, 2.45) is 0 Å². The van der Waals surface area contributed by atoms with Crippen molar-refractivity contribution in [3.63, 3.8) is 0 Å². The van der Waals surface area contributed by atoms with Crippen molar-refractivity contribution in [2.75, 3.05) is 5.73 Å². The standard InChI is InChI=1S/C22H19N/c23-22-14-20(16-6-2-1-3-7-16)13-21(15-22)19-11-10-17-8-4-5-9-18(17)12-19/h1-11,13-15,19H,12,23H2/t19-/m0/s1. The van der Waals surface area contributed by atoms with E-state index >= 15 is 0 Å². The Morgan fingerprint density at radius 3 is 2.43 bits per heavy atom. The molecule has 23 heavy (non-hydrogen) atoms. The van der Waals surface area contributed by atoms with Gasteiger partial charge in [0.1, 0.15) is 0 Å². The summed E-state index contributed by atoms with van der Waals surface area (Å²) in [6.07, 6.45) is 5.56. The number of hydrogen-bond donors (Lipinski definition) is 1. The van der Waals surface area contributed by atoms with Crippen LogP contribution < -0.4 is 5.73 Å². The molecule has 3 aromatic rings. The Kier molecular flexibility index (Phi) is 3.47. The van der Waals surface area contributed by atoms with Crippen LogP contribution in [0.5, 0.6) is 0 Å². The van der Waals surface area contributed by atoms with Gasteiger partial charge in [0.25, 0.3) is 0 Å². The number of nitrogen functional groups attached to an aromatic ring is 1. The lowest BCUT2D eigenvalue weighted by Gasteiger charge is -2.21. The van der Waals surface area contributed by atoms with Crippen LogP contribution in [0.4, 0.5) is 5.69 Å². The van der Waals surface area contributed by atoms with Crippen LogP contribution in [0.2, 0.25) is 0 Å². The van der Waals surface area contributed by atoms with Gasteiger partial charge in [-0.15, -0.1) is 0 Å². The zero-order valence-electron chi connectivity index (χ0n) is 12.9. The van der Waals surface area contributed by atoms with Crippen molar-refractivity contribution in [1.29, 1.82) is 0 Å². The van der Waals surface area contributed by atoms with E-state index in [0.717, 1.165) is 12.1 Å². The molecule has 0 unspecified atom stereocenters. The van der Waals surface area contributed by atoms with Crippen molar-refractivity contribution < 1.29 is 0 Å². The van der Waals surface area contributed by atoms with Gasteiger partial charge >= 0.3 is 0 Å². The van der Waals surface area contributed by atoms with E-state index in [9.17, 15) is 0 Å². The van der Waals surface area contributed by atoms with E-state index < -0.39 is 0 Å². The SMILES string of the molecule is Nc1cc(-c2ccccc2)cc([C@H]2C=Cc3ccccc3C2)c1. The fourth-order valence-electron chi connectivity index (χ4n) is 3.32. The number of anilines is 1. The Morgan fingerprint density at radius 2 is 1.57 bits per heavy atom. The second kappa shape index (κ2) is 5.77. The molecule has 0 heterocycles. The fourth-order valence-corrected chi connectivity index (χ4v) is 3.32. The molecular formula is C22H19N. The summed E-state index contributed by atoms with van der Waals surface area (Å²) in [5.74, 6) is 0.385. The number of hydrogen-bond acceptors (Lipinski definition) is 1. The lowest BCUT2D eigenvalue weighted by atomic mass is 9.84. The molecule has 3 aromatic carbocycles. The third kappa shape index (κ3) is 2.78. The maximum Gasteiger partial charge on any atom is 0.0323 e. The van der Waals surface area contributed by atoms with Gasteiger partial charge in [-0.05, 0) is 46.4 Å². The Bertz CT molecular complexity index is 862. The van der Waals surface area contributed by atoms with Gasteiger partial charge in [-0.3, -0.25) is 0 Å². The second-order valence-electron chi connectivity index (χ2n) is 6.12. The van der Waals surface area contributed by atoms with Gasteiger partial charge in [0.2, 0.25) is 0 Å². The first-order valence-corrected chi connectivity index (χ1v) is 8.01. The van der Waals surface area contributed by atoms with Crippen LogP contribution in [0.3, 0.4) is 0 Å². The van der Waals surface area contributed by atoms with Gasteiger partial charge in [-0.25, -0.2) is 0 Å². The minimum atomic E-state index is 0.385. The Labute approximate surface area is 137 Å². The summed E-state index contributed by atoms with van der Waals surface area (Å²) >= 11 is 0. The highest BCUT2D eigenvalue weighted by molar-refractivity contribution is 5.69. The predicted octanol–water partition coefficient (Wildman–Crippen LogP) is 5.29. The molecule has 0 saturated carbocycles. The van der Waals surface area contributed by atoms with Crippen LogP contribution in [0.1, 0.15) is 22.6 Å². The number of benzene rings is 3. The van der Waals surface area contributed by atoms with Crippen LogP contribution in [0, 0.1) is 0 Å². The van der Waals surface area contributed by atoms with E-state index in [1.54, 1.807) is 0 Å². The molecule has 0 spiro atoms. The molecule has 1 aliphatic carbocycles. The summed E-state index contributed by atoms with van der Waals surface area (Å²) in [4.78, 5) is 0. The maximum atomic E-state index is 6.17. The number of nitrogens with two attached hydrogens (primary N) is 1. The van der Waals surface area contributed by atoms with Crippen LogP contribution in [-0.4, -0.2) is 0 Å². The average molecular weight is 297 g/mol. The van der Waals surface area contributed by atoms with Crippen molar-refractivity contribution in [1.82, 2.24) is 0 Å². The van der Waals surface area contributed by atoms with Crippen LogP contribution in [0.15, 0.2) is 78.9 Å². The monoisotopic (exact) mass is 297 g/mol. The van der Waals surface area contributed by atoms with Gasteiger partial charge in [0.05, 0.1) is 0 Å². The molecular weight excluding hydrogens is 278 g/mol. The van der Waals surface area contributed by atoms with E-state index in [2.05, 4.69) is 78.9 Å². The zero-order chi connectivity index (χ0) is 15.6. The molecule has 0 aliphatic heterocycles. The molecule has 0 fully saturated rings. The maximum absolute atomic E-state index is 6.17. The van der Waals surface area contributed by atoms with Crippen molar-refractivity contribution in [3.8, 4) is 11.1 Å². The first kappa shape index (κ1) is 13.8. The molecule has 0 amide bonds. The summed E-state index contributed by atoms with van der Waals surface area (Å²) in [7, 11) is 0. The molecule has 0 aromatic heterocycles. The number of allylic oxidation sites excluding steroid dienone is 1. The topological polar surface area (TPSA) is 26.0 Å². The molecule has 0 bridgehead atoms. The largest absolute Gasteiger partial charge is 0.399 e. The minimum absolute atomic E-state index is 0.385. The summed E-state index contributed by atoms with van der Waals surface area (Å²) in [6, 6.07) is 25.5. The molecule has 4 rings (SSSR count). The van der Waals surface area contributed by atoms with Gasteiger partial charge in [-0.1, -0.05) is 72.8 Å². The lowest BCUT2D eigenvalue weighted by molar-refractivity contribution is 0.828. The first-order chi connectivity index (χ1) is 11.3. The highest BCUT2D eigenvalue weighted by atomic mass is 14.5. The lowest BCUT2D eigenvalue weighted by Crippen LogP contribution is -2.06. The molecule has 2 N–H and O–H groups in total. The molecule has 0 radical (unpaired) electrons. The van der Waals surface area contributed by atoms with Gasteiger partial charge in [0.15, 0.2) is 0 Å². The minimum Gasteiger partial charge on any atom is -0.399 e.